The minimum atomic E-state index is -0.925. The van der Waals surface area contributed by atoms with Gasteiger partial charge in [-0.2, -0.15) is 0 Å². The third-order valence-electron chi connectivity index (χ3n) is 4.01. The van der Waals surface area contributed by atoms with Gasteiger partial charge in [-0.3, -0.25) is 0 Å². The van der Waals surface area contributed by atoms with Crippen molar-refractivity contribution in [1.82, 2.24) is 9.80 Å². The summed E-state index contributed by atoms with van der Waals surface area (Å²) in [4.78, 5) is 26.6. The largest absolute Gasteiger partial charge is 0.480 e. The Morgan fingerprint density at radius 2 is 2.00 bits per heavy atom. The van der Waals surface area contributed by atoms with Crippen molar-refractivity contribution in [3.8, 4) is 0 Å². The average Bonchev–Trinajstić information content (AvgIpc) is 2.93. The average molecular weight is 256 g/mol. The highest BCUT2D eigenvalue weighted by Gasteiger charge is 2.42. The fraction of sp³-hybridized carbons (Fsp3) is 0.833. The number of amides is 2. The molecule has 2 aliphatic heterocycles. The number of aliphatic carboxylic acids is 1. The Balaban J connectivity index is 2.03. The van der Waals surface area contributed by atoms with Crippen LogP contribution < -0.4 is 0 Å². The number of carbonyl (C=O) groups is 2. The number of aliphatic hydroxyl groups is 1. The fourth-order valence-electron chi connectivity index (χ4n) is 2.88. The molecule has 3 atom stereocenters. The number of nitrogens with zero attached hydrogens (tertiary/aromatic N) is 2. The van der Waals surface area contributed by atoms with Gasteiger partial charge in [-0.15, -0.1) is 0 Å². The molecule has 0 aromatic rings. The molecule has 2 N–H and O–H groups in total. The van der Waals surface area contributed by atoms with Gasteiger partial charge < -0.3 is 20.0 Å². The highest BCUT2D eigenvalue weighted by atomic mass is 16.4. The van der Waals surface area contributed by atoms with Gasteiger partial charge in [-0.1, -0.05) is 6.92 Å². The van der Waals surface area contributed by atoms with E-state index in [2.05, 4.69) is 0 Å². The maximum atomic E-state index is 12.3. The number of carboxylic acid groups (broad SMARTS) is 1. The van der Waals surface area contributed by atoms with Gasteiger partial charge in [0, 0.05) is 32.2 Å². The highest BCUT2D eigenvalue weighted by molar-refractivity contribution is 5.83. The second-order valence-corrected chi connectivity index (χ2v) is 5.31. The van der Waals surface area contributed by atoms with Crippen LogP contribution in [0.2, 0.25) is 0 Å². The van der Waals surface area contributed by atoms with Crippen molar-refractivity contribution in [3.63, 3.8) is 0 Å². The molecule has 0 saturated carbocycles. The highest BCUT2D eigenvalue weighted by Crippen LogP contribution is 2.27. The molecule has 2 fully saturated rings. The number of urea groups is 1. The molecule has 2 aliphatic rings. The lowest BCUT2D eigenvalue weighted by molar-refractivity contribution is -0.142. The van der Waals surface area contributed by atoms with Gasteiger partial charge in [0.25, 0.3) is 0 Å². The molecular formula is C12H20N2O4. The summed E-state index contributed by atoms with van der Waals surface area (Å²) in [5, 5.41) is 18.3. The Kier molecular flexibility index (Phi) is 3.75. The molecule has 3 unspecified atom stereocenters. The molecule has 2 rings (SSSR count). The predicted molar refractivity (Wildman–Crippen MR) is 64.1 cm³/mol. The standard InChI is InChI=1S/C12H20N2O4/c1-8-2-5-14(10(8)11(16)17)12(18)13-4-3-9(6-13)7-15/h8-10,15H,2-7H2,1H3,(H,16,17). The van der Waals surface area contributed by atoms with E-state index in [1.165, 1.54) is 4.90 Å². The van der Waals surface area contributed by atoms with Crippen LogP contribution in [0.25, 0.3) is 0 Å². The van der Waals surface area contributed by atoms with E-state index in [0.29, 0.717) is 19.6 Å². The van der Waals surface area contributed by atoms with Crippen LogP contribution in [0.1, 0.15) is 19.8 Å². The zero-order chi connectivity index (χ0) is 13.3. The Morgan fingerprint density at radius 1 is 1.28 bits per heavy atom. The maximum Gasteiger partial charge on any atom is 0.326 e. The van der Waals surface area contributed by atoms with Crippen LogP contribution in [0.3, 0.4) is 0 Å². The molecule has 0 radical (unpaired) electrons. The van der Waals surface area contributed by atoms with E-state index in [4.69, 9.17) is 5.11 Å². The third-order valence-corrected chi connectivity index (χ3v) is 4.01. The number of hydrogen-bond donors (Lipinski definition) is 2. The first kappa shape index (κ1) is 13.1. The summed E-state index contributed by atoms with van der Waals surface area (Å²) in [6.45, 7) is 3.61. The molecule has 0 aromatic heterocycles. The molecule has 0 bridgehead atoms. The smallest absolute Gasteiger partial charge is 0.326 e. The van der Waals surface area contributed by atoms with Gasteiger partial charge >= 0.3 is 12.0 Å². The SMILES string of the molecule is CC1CCN(C(=O)N2CCC(CO)C2)C1C(=O)O. The van der Waals surface area contributed by atoms with Gasteiger partial charge in [0.2, 0.25) is 0 Å². The molecule has 0 spiro atoms. The number of hydrogen-bond acceptors (Lipinski definition) is 3. The molecule has 6 nitrogen and oxygen atoms in total. The third kappa shape index (κ3) is 2.29. The first-order chi connectivity index (χ1) is 8.54. The maximum absolute atomic E-state index is 12.3. The van der Waals surface area contributed by atoms with Crippen LogP contribution in [0, 0.1) is 11.8 Å². The monoisotopic (exact) mass is 256 g/mol. The van der Waals surface area contributed by atoms with Crippen LogP contribution in [0.5, 0.6) is 0 Å². The van der Waals surface area contributed by atoms with E-state index in [1.54, 1.807) is 4.90 Å². The molecule has 2 saturated heterocycles. The molecule has 2 heterocycles. The Bertz CT molecular complexity index is 347. The van der Waals surface area contributed by atoms with E-state index in [0.717, 1.165) is 12.8 Å². The quantitative estimate of drug-likeness (QED) is 0.740. The molecule has 18 heavy (non-hydrogen) atoms. The summed E-state index contributed by atoms with van der Waals surface area (Å²) in [5.41, 5.74) is 0. The van der Waals surface area contributed by atoms with Crippen molar-refractivity contribution in [2.75, 3.05) is 26.2 Å². The molecule has 0 aromatic carbocycles. The lowest BCUT2D eigenvalue weighted by atomic mass is 10.0. The van der Waals surface area contributed by atoms with E-state index in [-0.39, 0.29) is 24.5 Å². The second-order valence-electron chi connectivity index (χ2n) is 5.31. The van der Waals surface area contributed by atoms with Crippen molar-refractivity contribution in [3.05, 3.63) is 0 Å². The van der Waals surface area contributed by atoms with Crippen LogP contribution in [-0.4, -0.2) is 64.3 Å². The lowest BCUT2D eigenvalue weighted by Crippen LogP contribution is -2.48. The summed E-state index contributed by atoms with van der Waals surface area (Å²) in [6.07, 6.45) is 1.53. The number of rotatable bonds is 2. The fourth-order valence-corrected chi connectivity index (χ4v) is 2.88. The first-order valence-corrected chi connectivity index (χ1v) is 6.43. The minimum absolute atomic E-state index is 0.00249. The number of likely N-dealkylation sites (tertiary alicyclic amines) is 2. The molecular weight excluding hydrogens is 236 g/mol. The van der Waals surface area contributed by atoms with Crippen molar-refractivity contribution in [2.24, 2.45) is 11.8 Å². The van der Waals surface area contributed by atoms with E-state index in [9.17, 15) is 14.7 Å². The van der Waals surface area contributed by atoms with Gasteiger partial charge in [0.1, 0.15) is 6.04 Å². The summed E-state index contributed by atoms with van der Waals surface area (Å²) >= 11 is 0. The summed E-state index contributed by atoms with van der Waals surface area (Å²) < 4.78 is 0. The second kappa shape index (κ2) is 5.14. The van der Waals surface area contributed by atoms with Crippen molar-refractivity contribution >= 4 is 12.0 Å². The van der Waals surface area contributed by atoms with E-state index in [1.807, 2.05) is 6.92 Å². The van der Waals surface area contributed by atoms with Gasteiger partial charge in [0.05, 0.1) is 0 Å². The summed E-state index contributed by atoms with van der Waals surface area (Å²) in [7, 11) is 0. The Labute approximate surface area is 106 Å². The van der Waals surface area contributed by atoms with Crippen LogP contribution >= 0.6 is 0 Å². The number of carboxylic acids is 1. The first-order valence-electron chi connectivity index (χ1n) is 6.43. The minimum Gasteiger partial charge on any atom is -0.480 e. The summed E-state index contributed by atoms with van der Waals surface area (Å²) in [5.74, 6) is -0.786. The normalized spacial score (nSPS) is 32.0. The topological polar surface area (TPSA) is 81.1 Å². The Morgan fingerprint density at radius 3 is 2.56 bits per heavy atom. The molecule has 0 aliphatic carbocycles. The van der Waals surface area contributed by atoms with Crippen LogP contribution in [0.15, 0.2) is 0 Å². The molecule has 102 valence electrons. The van der Waals surface area contributed by atoms with Crippen molar-refractivity contribution in [2.45, 2.75) is 25.8 Å². The predicted octanol–water partition coefficient (Wildman–Crippen LogP) is 0.216. The lowest BCUT2D eigenvalue weighted by Gasteiger charge is -2.28. The van der Waals surface area contributed by atoms with Crippen LogP contribution in [0.4, 0.5) is 4.79 Å². The van der Waals surface area contributed by atoms with E-state index >= 15 is 0 Å². The number of carbonyl (C=O) groups excluding carboxylic acids is 1. The van der Waals surface area contributed by atoms with Crippen LogP contribution in [-0.2, 0) is 4.79 Å². The zero-order valence-electron chi connectivity index (χ0n) is 10.6. The molecule has 2 amide bonds. The van der Waals surface area contributed by atoms with E-state index < -0.39 is 12.0 Å². The Hall–Kier alpha value is -1.30. The zero-order valence-corrected chi connectivity index (χ0v) is 10.6. The van der Waals surface area contributed by atoms with Crippen molar-refractivity contribution < 1.29 is 19.8 Å². The molecule has 6 heteroatoms. The van der Waals surface area contributed by atoms with Gasteiger partial charge in [-0.25, -0.2) is 9.59 Å². The summed E-state index contributed by atoms with van der Waals surface area (Å²) in [6, 6.07) is -0.895. The van der Waals surface area contributed by atoms with Gasteiger partial charge in [-0.05, 0) is 18.8 Å². The van der Waals surface area contributed by atoms with Gasteiger partial charge in [0.15, 0.2) is 0 Å². The van der Waals surface area contributed by atoms with Crippen molar-refractivity contribution in [1.29, 1.82) is 0 Å². The number of aliphatic hydroxyl groups excluding tert-OH is 1.